The van der Waals surface area contributed by atoms with Crippen LogP contribution in [0.25, 0.3) is 0 Å². The number of nitrogens with zero attached hydrogens (tertiary/aromatic N) is 2. The van der Waals surface area contributed by atoms with Crippen LogP contribution in [-0.4, -0.2) is 37.6 Å². The van der Waals surface area contributed by atoms with Crippen molar-refractivity contribution < 1.29 is 9.53 Å². The molecule has 94 valence electrons. The molecule has 0 aromatic carbocycles. The zero-order chi connectivity index (χ0) is 12.7. The van der Waals surface area contributed by atoms with E-state index in [-0.39, 0.29) is 5.91 Å². The van der Waals surface area contributed by atoms with Crippen LogP contribution in [0.15, 0.2) is 11.6 Å². The topological polar surface area (TPSA) is 53.3 Å². The molecular formula is C13H20N2O2. The highest BCUT2D eigenvalue weighted by Crippen LogP contribution is 2.15. The number of ether oxygens (including phenoxy) is 1. The molecule has 17 heavy (non-hydrogen) atoms. The predicted octanol–water partition coefficient (Wildman–Crippen LogP) is 1.73. The SMILES string of the molecule is CCCC(C#N)C(=O)N1CC=C(COC)CC1. The zero-order valence-electron chi connectivity index (χ0n) is 10.6. The third-order valence-corrected chi connectivity index (χ3v) is 2.98. The van der Waals surface area contributed by atoms with Crippen LogP contribution in [0.3, 0.4) is 0 Å². The Bertz CT molecular complexity index is 331. The summed E-state index contributed by atoms with van der Waals surface area (Å²) in [5, 5.41) is 8.96. The molecule has 4 heteroatoms. The third-order valence-electron chi connectivity index (χ3n) is 2.98. The summed E-state index contributed by atoms with van der Waals surface area (Å²) in [4.78, 5) is 13.8. The van der Waals surface area contributed by atoms with Crippen molar-refractivity contribution in [2.45, 2.75) is 26.2 Å². The van der Waals surface area contributed by atoms with Crippen molar-refractivity contribution in [3.63, 3.8) is 0 Å². The summed E-state index contributed by atoms with van der Waals surface area (Å²) in [5.41, 5.74) is 1.24. The van der Waals surface area contributed by atoms with Crippen molar-refractivity contribution in [3.8, 4) is 6.07 Å². The minimum absolute atomic E-state index is 0.0259. The first-order chi connectivity index (χ1) is 8.22. The van der Waals surface area contributed by atoms with Gasteiger partial charge < -0.3 is 9.64 Å². The Morgan fingerprint density at radius 2 is 2.47 bits per heavy atom. The smallest absolute Gasteiger partial charge is 0.240 e. The molecule has 0 aromatic rings. The Morgan fingerprint density at radius 1 is 1.71 bits per heavy atom. The van der Waals surface area contributed by atoms with Crippen LogP contribution >= 0.6 is 0 Å². The van der Waals surface area contributed by atoms with E-state index >= 15 is 0 Å². The average Bonchev–Trinajstić information content (AvgIpc) is 2.36. The van der Waals surface area contributed by atoms with E-state index in [1.54, 1.807) is 12.0 Å². The molecule has 1 atom stereocenters. The van der Waals surface area contributed by atoms with Crippen LogP contribution in [0.5, 0.6) is 0 Å². The van der Waals surface area contributed by atoms with Gasteiger partial charge in [0, 0.05) is 20.2 Å². The summed E-state index contributed by atoms with van der Waals surface area (Å²) in [6.07, 6.45) is 4.40. The van der Waals surface area contributed by atoms with Crippen LogP contribution in [0.4, 0.5) is 0 Å². The number of carbonyl (C=O) groups is 1. The van der Waals surface area contributed by atoms with Crippen molar-refractivity contribution in [2.24, 2.45) is 5.92 Å². The Labute approximate surface area is 103 Å². The van der Waals surface area contributed by atoms with Gasteiger partial charge in [-0.25, -0.2) is 0 Å². The maximum absolute atomic E-state index is 12.0. The van der Waals surface area contributed by atoms with E-state index in [4.69, 9.17) is 10.00 Å². The van der Waals surface area contributed by atoms with E-state index in [2.05, 4.69) is 6.07 Å². The largest absolute Gasteiger partial charge is 0.380 e. The van der Waals surface area contributed by atoms with Crippen molar-refractivity contribution in [2.75, 3.05) is 26.8 Å². The molecule has 0 bridgehead atoms. The van der Waals surface area contributed by atoms with Gasteiger partial charge in [-0.2, -0.15) is 5.26 Å². The van der Waals surface area contributed by atoms with Gasteiger partial charge in [0.2, 0.25) is 5.91 Å². The first-order valence-electron chi connectivity index (χ1n) is 6.08. The van der Waals surface area contributed by atoms with E-state index in [0.717, 1.165) is 12.8 Å². The molecule has 0 aromatic heterocycles. The van der Waals surface area contributed by atoms with Gasteiger partial charge in [0.25, 0.3) is 0 Å². The number of hydrogen-bond donors (Lipinski definition) is 0. The van der Waals surface area contributed by atoms with E-state index in [9.17, 15) is 4.79 Å². The molecule has 0 saturated carbocycles. The van der Waals surface area contributed by atoms with Gasteiger partial charge in [0.15, 0.2) is 0 Å². The zero-order valence-corrected chi connectivity index (χ0v) is 10.6. The second kappa shape index (κ2) is 7.08. The van der Waals surface area contributed by atoms with E-state index in [0.29, 0.717) is 26.1 Å². The van der Waals surface area contributed by atoms with Crippen LogP contribution < -0.4 is 0 Å². The quantitative estimate of drug-likeness (QED) is 0.683. The lowest BCUT2D eigenvalue weighted by atomic mass is 10.0. The highest BCUT2D eigenvalue weighted by molar-refractivity contribution is 5.81. The van der Waals surface area contributed by atoms with Crippen molar-refractivity contribution in [1.29, 1.82) is 5.26 Å². The van der Waals surface area contributed by atoms with Crippen LogP contribution in [0, 0.1) is 17.2 Å². The molecular weight excluding hydrogens is 216 g/mol. The van der Waals surface area contributed by atoms with Gasteiger partial charge in [0.05, 0.1) is 12.7 Å². The number of carbonyl (C=O) groups excluding carboxylic acids is 1. The molecule has 1 rings (SSSR count). The standard InChI is InChI=1S/C13H20N2O2/c1-3-4-12(9-14)13(16)15-7-5-11(6-8-15)10-17-2/h5,12H,3-4,6-8,10H2,1-2H3. The van der Waals surface area contributed by atoms with Gasteiger partial charge in [-0.3, -0.25) is 4.79 Å². The monoisotopic (exact) mass is 236 g/mol. The minimum atomic E-state index is -0.475. The fourth-order valence-corrected chi connectivity index (χ4v) is 1.98. The molecule has 0 fully saturated rings. The van der Waals surface area contributed by atoms with Crippen LogP contribution in [0.1, 0.15) is 26.2 Å². The first kappa shape index (κ1) is 13.7. The molecule has 1 aliphatic rings. The molecule has 0 radical (unpaired) electrons. The minimum Gasteiger partial charge on any atom is -0.380 e. The molecule has 1 amide bonds. The third kappa shape index (κ3) is 3.86. The highest BCUT2D eigenvalue weighted by atomic mass is 16.5. The van der Waals surface area contributed by atoms with Crippen molar-refractivity contribution in [1.82, 2.24) is 4.90 Å². The van der Waals surface area contributed by atoms with Gasteiger partial charge in [-0.1, -0.05) is 19.4 Å². The normalized spacial score (nSPS) is 17.2. The fraction of sp³-hybridized carbons (Fsp3) is 0.692. The second-order valence-electron chi connectivity index (χ2n) is 4.30. The molecule has 1 heterocycles. The highest BCUT2D eigenvalue weighted by Gasteiger charge is 2.24. The Morgan fingerprint density at radius 3 is 2.94 bits per heavy atom. The van der Waals surface area contributed by atoms with Crippen molar-refractivity contribution >= 4 is 5.91 Å². The number of rotatable bonds is 5. The molecule has 0 spiro atoms. The Balaban J connectivity index is 2.53. The number of methoxy groups -OCH3 is 1. The Hall–Kier alpha value is -1.34. The summed E-state index contributed by atoms with van der Waals surface area (Å²) in [7, 11) is 1.67. The maximum atomic E-state index is 12.0. The van der Waals surface area contributed by atoms with Crippen molar-refractivity contribution in [3.05, 3.63) is 11.6 Å². The molecule has 0 aliphatic carbocycles. The molecule has 4 nitrogen and oxygen atoms in total. The Kier molecular flexibility index (Phi) is 5.71. The van der Waals surface area contributed by atoms with Gasteiger partial charge in [0.1, 0.15) is 5.92 Å². The van der Waals surface area contributed by atoms with E-state index < -0.39 is 5.92 Å². The maximum Gasteiger partial charge on any atom is 0.240 e. The summed E-state index contributed by atoms with van der Waals surface area (Å²) in [6.45, 7) is 3.94. The van der Waals surface area contributed by atoms with Gasteiger partial charge >= 0.3 is 0 Å². The number of nitriles is 1. The molecule has 0 N–H and O–H groups in total. The summed E-state index contributed by atoms with van der Waals surface area (Å²) in [6, 6.07) is 2.10. The van der Waals surface area contributed by atoms with Crippen LogP contribution in [-0.2, 0) is 9.53 Å². The number of amides is 1. The number of hydrogen-bond acceptors (Lipinski definition) is 3. The van der Waals surface area contributed by atoms with Gasteiger partial charge in [-0.05, 0) is 18.4 Å². The van der Waals surface area contributed by atoms with E-state index in [1.165, 1.54) is 5.57 Å². The van der Waals surface area contributed by atoms with Gasteiger partial charge in [-0.15, -0.1) is 0 Å². The predicted molar refractivity (Wildman–Crippen MR) is 65.2 cm³/mol. The lowest BCUT2D eigenvalue weighted by Crippen LogP contribution is -2.39. The lowest BCUT2D eigenvalue weighted by Gasteiger charge is -2.27. The van der Waals surface area contributed by atoms with Crippen LogP contribution in [0.2, 0.25) is 0 Å². The molecule has 1 aliphatic heterocycles. The first-order valence-corrected chi connectivity index (χ1v) is 6.08. The lowest BCUT2D eigenvalue weighted by molar-refractivity contribution is -0.133. The second-order valence-corrected chi connectivity index (χ2v) is 4.30. The fourth-order valence-electron chi connectivity index (χ4n) is 1.98. The van der Waals surface area contributed by atoms with E-state index in [1.807, 2.05) is 13.0 Å². The molecule has 1 unspecified atom stereocenters. The summed E-state index contributed by atoms with van der Waals surface area (Å²) in [5.74, 6) is -0.501. The average molecular weight is 236 g/mol. The summed E-state index contributed by atoms with van der Waals surface area (Å²) >= 11 is 0. The summed E-state index contributed by atoms with van der Waals surface area (Å²) < 4.78 is 5.06. The molecule has 0 saturated heterocycles.